The van der Waals surface area contributed by atoms with Crippen LogP contribution < -0.4 is 0 Å². The molecule has 2 aliphatic carbocycles. The van der Waals surface area contributed by atoms with Crippen LogP contribution in [0.1, 0.15) is 118 Å². The molecule has 0 aromatic carbocycles. The monoisotopic (exact) mass is 360 g/mol. The lowest BCUT2D eigenvalue weighted by molar-refractivity contribution is 0.210. The molecule has 0 heteroatoms. The summed E-state index contributed by atoms with van der Waals surface area (Å²) in [4.78, 5) is 0. The van der Waals surface area contributed by atoms with Gasteiger partial charge in [-0.05, 0) is 62.7 Å². The number of hydrogen-bond acceptors (Lipinski definition) is 0. The predicted octanol–water partition coefficient (Wildman–Crippen LogP) is 9.12. The largest absolute Gasteiger partial charge is 0.0999 e. The summed E-state index contributed by atoms with van der Waals surface area (Å²) in [6.07, 6.45) is 19.9. The quantitative estimate of drug-likeness (QED) is 0.378. The Balaban J connectivity index is 0.000000273. The van der Waals surface area contributed by atoms with Crippen LogP contribution in [-0.2, 0) is 0 Å². The first-order valence-corrected chi connectivity index (χ1v) is 11.8. The second-order valence-electron chi connectivity index (χ2n) is 9.27. The van der Waals surface area contributed by atoms with Crippen molar-refractivity contribution in [1.29, 1.82) is 0 Å². The summed E-state index contributed by atoms with van der Waals surface area (Å²) in [5, 5.41) is 0. The summed E-state index contributed by atoms with van der Waals surface area (Å²) in [5.74, 6) is 3.76. The minimum absolute atomic E-state index is 0.760. The van der Waals surface area contributed by atoms with Crippen LogP contribution in [0, 0.1) is 23.7 Å². The van der Waals surface area contributed by atoms with Gasteiger partial charge in [-0.25, -0.2) is 0 Å². The van der Waals surface area contributed by atoms with Gasteiger partial charge < -0.3 is 0 Å². The molecule has 2 aliphatic rings. The summed E-state index contributed by atoms with van der Waals surface area (Å²) >= 11 is 0. The minimum Gasteiger partial charge on any atom is -0.0999 e. The molecule has 0 bridgehead atoms. The van der Waals surface area contributed by atoms with Crippen LogP contribution in [-0.4, -0.2) is 0 Å². The Morgan fingerprint density at radius 1 is 0.846 bits per heavy atom. The molecule has 0 aromatic rings. The van der Waals surface area contributed by atoms with Gasteiger partial charge in [0.1, 0.15) is 0 Å². The van der Waals surface area contributed by atoms with Crippen molar-refractivity contribution in [3.63, 3.8) is 0 Å². The smallest absolute Gasteiger partial charge is 0.0209 e. The van der Waals surface area contributed by atoms with E-state index >= 15 is 0 Å². The fourth-order valence-electron chi connectivity index (χ4n) is 5.02. The molecule has 0 saturated heterocycles. The Morgan fingerprint density at radius 2 is 1.38 bits per heavy atom. The summed E-state index contributed by atoms with van der Waals surface area (Å²) < 4.78 is 0. The van der Waals surface area contributed by atoms with Gasteiger partial charge in [0.05, 0.1) is 0 Å². The highest BCUT2D eigenvalue weighted by molar-refractivity contribution is 4.97. The van der Waals surface area contributed by atoms with Crippen LogP contribution in [0.4, 0.5) is 0 Å². The highest BCUT2D eigenvalue weighted by Crippen LogP contribution is 2.36. The molecule has 2 rings (SSSR count). The third-order valence-corrected chi connectivity index (χ3v) is 7.23. The minimum atomic E-state index is 0.760. The van der Waals surface area contributed by atoms with Crippen molar-refractivity contribution in [2.24, 2.45) is 23.7 Å². The van der Waals surface area contributed by atoms with Crippen molar-refractivity contribution in [2.75, 3.05) is 0 Å². The molecule has 2 saturated carbocycles. The zero-order valence-electron chi connectivity index (χ0n) is 18.6. The highest BCUT2D eigenvalue weighted by Gasteiger charge is 2.23. The van der Waals surface area contributed by atoms with Crippen LogP contribution in [0.5, 0.6) is 0 Å². The van der Waals surface area contributed by atoms with E-state index in [9.17, 15) is 0 Å². The van der Waals surface area contributed by atoms with E-state index in [1.54, 1.807) is 0 Å². The van der Waals surface area contributed by atoms with E-state index in [-0.39, 0.29) is 0 Å². The molecule has 0 nitrogen and oxygen atoms in total. The van der Waals surface area contributed by atoms with Crippen molar-refractivity contribution in [3.05, 3.63) is 24.3 Å². The lowest BCUT2D eigenvalue weighted by Gasteiger charge is -2.31. The first-order valence-electron chi connectivity index (χ1n) is 11.8. The lowest BCUT2D eigenvalue weighted by atomic mass is 9.74. The SMILES string of the molecule is C=C(C)C(C)C1CCCCC1.C=C(CC)CCC1CCCCC1CCC. The van der Waals surface area contributed by atoms with E-state index in [1.807, 2.05) is 0 Å². The Morgan fingerprint density at radius 3 is 1.88 bits per heavy atom. The maximum Gasteiger partial charge on any atom is -0.0209 e. The zero-order chi connectivity index (χ0) is 19.4. The van der Waals surface area contributed by atoms with Crippen LogP contribution in [0.2, 0.25) is 0 Å². The fraction of sp³-hybridized carbons (Fsp3) is 0.846. The molecule has 0 amide bonds. The van der Waals surface area contributed by atoms with E-state index in [0.29, 0.717) is 0 Å². The van der Waals surface area contributed by atoms with E-state index in [1.165, 1.54) is 101 Å². The fourth-order valence-corrected chi connectivity index (χ4v) is 5.02. The predicted molar refractivity (Wildman–Crippen MR) is 120 cm³/mol. The number of allylic oxidation sites excluding steroid dienone is 2. The van der Waals surface area contributed by atoms with Gasteiger partial charge in [0.15, 0.2) is 0 Å². The average molecular weight is 361 g/mol. The van der Waals surface area contributed by atoms with Gasteiger partial charge in [-0.1, -0.05) is 103 Å². The Kier molecular flexibility index (Phi) is 12.3. The normalized spacial score (nSPS) is 25.1. The maximum atomic E-state index is 4.13. The molecule has 3 atom stereocenters. The van der Waals surface area contributed by atoms with Crippen molar-refractivity contribution in [1.82, 2.24) is 0 Å². The van der Waals surface area contributed by atoms with E-state index in [4.69, 9.17) is 0 Å². The highest BCUT2D eigenvalue weighted by atomic mass is 14.3. The van der Waals surface area contributed by atoms with Crippen LogP contribution in [0.25, 0.3) is 0 Å². The van der Waals surface area contributed by atoms with Crippen molar-refractivity contribution >= 4 is 0 Å². The van der Waals surface area contributed by atoms with Crippen molar-refractivity contribution in [3.8, 4) is 0 Å². The molecular weight excluding hydrogens is 312 g/mol. The van der Waals surface area contributed by atoms with Gasteiger partial charge in [-0.15, -0.1) is 0 Å². The van der Waals surface area contributed by atoms with Crippen LogP contribution >= 0.6 is 0 Å². The second kappa shape index (κ2) is 13.6. The van der Waals surface area contributed by atoms with E-state index in [2.05, 4.69) is 40.9 Å². The van der Waals surface area contributed by atoms with Gasteiger partial charge >= 0.3 is 0 Å². The van der Waals surface area contributed by atoms with E-state index < -0.39 is 0 Å². The van der Waals surface area contributed by atoms with Crippen molar-refractivity contribution in [2.45, 2.75) is 118 Å². The number of hydrogen-bond donors (Lipinski definition) is 0. The van der Waals surface area contributed by atoms with Gasteiger partial charge in [0, 0.05) is 0 Å². The summed E-state index contributed by atoms with van der Waals surface area (Å²) in [6, 6.07) is 0. The molecule has 0 N–H and O–H groups in total. The molecular formula is C26H48. The zero-order valence-corrected chi connectivity index (χ0v) is 18.6. The average Bonchev–Trinajstić information content (AvgIpc) is 2.67. The standard InChI is InChI=1S/C15H28.C11H20/c1-4-8-14-9-6-7-10-15(14)12-11-13(3)5-2;1-9(2)10(3)11-7-5-4-6-8-11/h14-15H,3-12H2,1-2H3;10-11H,1,4-8H2,2-3H3. The van der Waals surface area contributed by atoms with Crippen molar-refractivity contribution < 1.29 is 0 Å². The molecule has 0 aromatic heterocycles. The summed E-state index contributed by atoms with van der Waals surface area (Å²) in [5.41, 5.74) is 2.83. The topological polar surface area (TPSA) is 0 Å². The van der Waals surface area contributed by atoms with E-state index in [0.717, 1.165) is 23.7 Å². The molecule has 0 heterocycles. The van der Waals surface area contributed by atoms with Gasteiger partial charge in [0.25, 0.3) is 0 Å². The Hall–Kier alpha value is -0.520. The lowest BCUT2D eigenvalue weighted by Crippen LogP contribution is -2.19. The molecule has 26 heavy (non-hydrogen) atoms. The summed E-state index contributed by atoms with van der Waals surface area (Å²) in [7, 11) is 0. The Bertz CT molecular complexity index is 383. The third-order valence-electron chi connectivity index (χ3n) is 7.23. The molecule has 3 unspecified atom stereocenters. The molecule has 0 spiro atoms. The molecule has 0 radical (unpaired) electrons. The first-order chi connectivity index (χ1) is 12.5. The van der Waals surface area contributed by atoms with Crippen LogP contribution in [0.3, 0.4) is 0 Å². The maximum absolute atomic E-state index is 4.13. The second-order valence-corrected chi connectivity index (χ2v) is 9.27. The first kappa shape index (κ1) is 23.5. The van der Waals surface area contributed by atoms with Crippen LogP contribution in [0.15, 0.2) is 24.3 Å². The molecule has 2 fully saturated rings. The Labute approximate surface area is 165 Å². The van der Waals surface area contributed by atoms with Gasteiger partial charge in [-0.2, -0.15) is 0 Å². The molecule has 152 valence electrons. The summed E-state index contributed by atoms with van der Waals surface area (Å²) in [6.45, 7) is 17.2. The number of rotatable bonds is 8. The molecule has 0 aliphatic heterocycles. The van der Waals surface area contributed by atoms with Gasteiger partial charge in [0.2, 0.25) is 0 Å². The van der Waals surface area contributed by atoms with Gasteiger partial charge in [-0.3, -0.25) is 0 Å². The third kappa shape index (κ3) is 8.92.